The number of fused-ring (bicyclic) bond motifs is 1. The van der Waals surface area contributed by atoms with Gasteiger partial charge >= 0.3 is 0 Å². The topological polar surface area (TPSA) is 110 Å². The van der Waals surface area contributed by atoms with Crippen molar-refractivity contribution in [3.8, 4) is 0 Å². The maximum absolute atomic E-state index is 10.8. The molecule has 0 amide bonds. The van der Waals surface area contributed by atoms with E-state index in [-0.39, 0.29) is 11.7 Å². The van der Waals surface area contributed by atoms with Crippen molar-refractivity contribution >= 4 is 22.7 Å². The summed E-state index contributed by atoms with van der Waals surface area (Å²) in [5, 5.41) is 13.9. The molecule has 0 spiro atoms. The number of imidazole rings is 1. The number of rotatable bonds is 4. The summed E-state index contributed by atoms with van der Waals surface area (Å²) in [6.07, 6.45) is 1.65. The van der Waals surface area contributed by atoms with E-state index in [1.165, 1.54) is 12.1 Å². The second-order valence-electron chi connectivity index (χ2n) is 4.72. The van der Waals surface area contributed by atoms with E-state index < -0.39 is 4.92 Å². The van der Waals surface area contributed by atoms with Crippen LogP contribution < -0.4 is 5.32 Å². The fourth-order valence-corrected chi connectivity index (χ4v) is 2.02. The second-order valence-corrected chi connectivity index (χ2v) is 4.72. The van der Waals surface area contributed by atoms with Crippen LogP contribution in [0.1, 0.15) is 24.6 Å². The zero-order chi connectivity index (χ0) is 15.0. The minimum Gasteiger partial charge on any atom is -0.444 e. The Morgan fingerprint density at radius 1 is 1.48 bits per heavy atom. The maximum atomic E-state index is 10.8. The van der Waals surface area contributed by atoms with Crippen LogP contribution in [-0.4, -0.2) is 19.9 Å². The summed E-state index contributed by atoms with van der Waals surface area (Å²) in [6, 6.07) is 4.31. The van der Waals surface area contributed by atoms with Gasteiger partial charge in [-0.25, -0.2) is 9.97 Å². The van der Waals surface area contributed by atoms with Crippen LogP contribution in [0, 0.1) is 17.0 Å². The molecule has 0 aliphatic rings. The lowest BCUT2D eigenvalue weighted by molar-refractivity contribution is -0.384. The number of nitrogens with zero attached hydrogens (tertiary/aromatic N) is 3. The number of non-ortho nitro benzene ring substituents is 1. The Morgan fingerprint density at radius 3 is 2.95 bits per heavy atom. The van der Waals surface area contributed by atoms with Gasteiger partial charge < -0.3 is 14.7 Å². The number of hydrogen-bond donors (Lipinski definition) is 2. The molecule has 0 saturated heterocycles. The van der Waals surface area contributed by atoms with E-state index in [4.69, 9.17) is 4.42 Å². The number of aromatic nitrogens is 3. The van der Waals surface area contributed by atoms with Crippen LogP contribution in [0.5, 0.6) is 0 Å². The minimum atomic E-state index is -0.439. The van der Waals surface area contributed by atoms with Crippen LogP contribution in [-0.2, 0) is 0 Å². The van der Waals surface area contributed by atoms with Crippen molar-refractivity contribution in [3.63, 3.8) is 0 Å². The van der Waals surface area contributed by atoms with Gasteiger partial charge in [0.05, 0.1) is 22.2 Å². The normalized spacial score (nSPS) is 12.5. The summed E-state index contributed by atoms with van der Waals surface area (Å²) in [7, 11) is 0. The molecular weight excluding hydrogens is 274 g/mol. The Balaban J connectivity index is 1.85. The van der Waals surface area contributed by atoms with E-state index in [1.54, 1.807) is 12.3 Å². The van der Waals surface area contributed by atoms with Crippen molar-refractivity contribution in [2.75, 3.05) is 5.32 Å². The number of nitro groups is 1. The van der Waals surface area contributed by atoms with Crippen molar-refractivity contribution in [3.05, 3.63) is 46.2 Å². The van der Waals surface area contributed by atoms with Gasteiger partial charge in [0.25, 0.3) is 5.69 Å². The first-order chi connectivity index (χ1) is 10.0. The maximum Gasteiger partial charge on any atom is 0.271 e. The molecule has 2 aromatic heterocycles. The first-order valence-corrected chi connectivity index (χ1v) is 6.36. The molecule has 0 fully saturated rings. The molecular formula is C13H13N5O3. The predicted octanol–water partition coefficient (Wildman–Crippen LogP) is 2.94. The average molecular weight is 287 g/mol. The van der Waals surface area contributed by atoms with Crippen molar-refractivity contribution in [1.82, 2.24) is 15.0 Å². The lowest BCUT2D eigenvalue weighted by atomic mass is 10.3. The minimum absolute atomic E-state index is 0.0223. The van der Waals surface area contributed by atoms with Gasteiger partial charge in [0, 0.05) is 12.1 Å². The summed E-state index contributed by atoms with van der Waals surface area (Å²) >= 11 is 0. The number of nitrogens with one attached hydrogen (secondary N) is 2. The largest absolute Gasteiger partial charge is 0.444 e. The van der Waals surface area contributed by atoms with Gasteiger partial charge in [0.15, 0.2) is 0 Å². The van der Waals surface area contributed by atoms with Crippen LogP contribution in [0.25, 0.3) is 11.0 Å². The Hall–Kier alpha value is -2.90. The Bertz CT molecular complexity index is 807. The third kappa shape index (κ3) is 2.55. The Labute approximate surface area is 119 Å². The molecule has 108 valence electrons. The number of aromatic amines is 1. The molecule has 8 heteroatoms. The van der Waals surface area contributed by atoms with Gasteiger partial charge in [-0.15, -0.1) is 0 Å². The van der Waals surface area contributed by atoms with E-state index >= 15 is 0 Å². The molecule has 0 saturated carbocycles. The SMILES string of the molecule is Cc1cnc(C(C)Nc2nc3ccc([N+](=O)[O-])cc3[nH]2)o1. The molecule has 1 aromatic carbocycles. The van der Waals surface area contributed by atoms with E-state index in [9.17, 15) is 10.1 Å². The predicted molar refractivity (Wildman–Crippen MR) is 76.0 cm³/mol. The monoisotopic (exact) mass is 287 g/mol. The summed E-state index contributed by atoms with van der Waals surface area (Å²) < 4.78 is 5.44. The van der Waals surface area contributed by atoms with E-state index in [1.807, 2.05) is 13.8 Å². The van der Waals surface area contributed by atoms with Gasteiger partial charge in [0.1, 0.15) is 11.8 Å². The molecule has 0 radical (unpaired) electrons. The van der Waals surface area contributed by atoms with Crippen molar-refractivity contribution < 1.29 is 9.34 Å². The van der Waals surface area contributed by atoms with Crippen molar-refractivity contribution in [1.29, 1.82) is 0 Å². The molecule has 1 unspecified atom stereocenters. The lowest BCUT2D eigenvalue weighted by Gasteiger charge is -2.08. The third-order valence-electron chi connectivity index (χ3n) is 3.04. The second kappa shape index (κ2) is 4.89. The van der Waals surface area contributed by atoms with E-state index in [0.29, 0.717) is 22.9 Å². The van der Waals surface area contributed by atoms with Gasteiger partial charge in [-0.1, -0.05) is 0 Å². The molecule has 21 heavy (non-hydrogen) atoms. The molecule has 0 aliphatic carbocycles. The number of oxazole rings is 1. The highest BCUT2D eigenvalue weighted by Crippen LogP contribution is 2.23. The van der Waals surface area contributed by atoms with Gasteiger partial charge in [0.2, 0.25) is 11.8 Å². The van der Waals surface area contributed by atoms with Crippen LogP contribution in [0.3, 0.4) is 0 Å². The van der Waals surface area contributed by atoms with Gasteiger partial charge in [-0.3, -0.25) is 10.1 Å². The molecule has 2 N–H and O–H groups in total. The van der Waals surface area contributed by atoms with Crippen LogP contribution in [0.4, 0.5) is 11.6 Å². The fourth-order valence-electron chi connectivity index (χ4n) is 2.02. The van der Waals surface area contributed by atoms with E-state index in [0.717, 1.165) is 5.76 Å². The summed E-state index contributed by atoms with van der Waals surface area (Å²) in [4.78, 5) is 21.8. The smallest absolute Gasteiger partial charge is 0.271 e. The fraction of sp³-hybridized carbons (Fsp3) is 0.231. The molecule has 3 rings (SSSR count). The van der Waals surface area contributed by atoms with Crippen LogP contribution in [0.15, 0.2) is 28.8 Å². The standard InChI is InChI=1S/C13H13N5O3/c1-7-6-14-12(21-7)8(2)15-13-16-10-4-3-9(18(19)20)5-11(10)17-13/h3-6,8H,1-2H3,(H2,15,16,17). The highest BCUT2D eigenvalue weighted by atomic mass is 16.6. The molecule has 2 heterocycles. The Morgan fingerprint density at radius 2 is 2.29 bits per heavy atom. The quantitative estimate of drug-likeness (QED) is 0.564. The number of nitro benzene ring substituents is 1. The number of aryl methyl sites for hydroxylation is 1. The van der Waals surface area contributed by atoms with Gasteiger partial charge in [-0.2, -0.15) is 0 Å². The number of hydrogen-bond acceptors (Lipinski definition) is 6. The van der Waals surface area contributed by atoms with Crippen LogP contribution in [0.2, 0.25) is 0 Å². The molecule has 0 bridgehead atoms. The molecule has 1 atom stereocenters. The first kappa shape index (κ1) is 13.1. The Kier molecular flexibility index (Phi) is 3.05. The van der Waals surface area contributed by atoms with Crippen molar-refractivity contribution in [2.24, 2.45) is 0 Å². The molecule has 8 nitrogen and oxygen atoms in total. The number of H-pyrrole nitrogens is 1. The molecule has 0 aliphatic heterocycles. The highest BCUT2D eigenvalue weighted by molar-refractivity contribution is 5.79. The number of anilines is 1. The zero-order valence-corrected chi connectivity index (χ0v) is 11.5. The van der Waals surface area contributed by atoms with Crippen molar-refractivity contribution in [2.45, 2.75) is 19.9 Å². The summed E-state index contributed by atoms with van der Waals surface area (Å²) in [5.74, 6) is 1.80. The summed E-state index contributed by atoms with van der Waals surface area (Å²) in [5.41, 5.74) is 1.27. The van der Waals surface area contributed by atoms with Crippen LogP contribution >= 0.6 is 0 Å². The lowest BCUT2D eigenvalue weighted by Crippen LogP contribution is -2.07. The zero-order valence-electron chi connectivity index (χ0n) is 11.5. The highest BCUT2D eigenvalue weighted by Gasteiger charge is 2.14. The number of benzene rings is 1. The molecule has 3 aromatic rings. The first-order valence-electron chi connectivity index (χ1n) is 6.36. The average Bonchev–Trinajstić information content (AvgIpc) is 3.03. The van der Waals surface area contributed by atoms with E-state index in [2.05, 4.69) is 20.3 Å². The van der Waals surface area contributed by atoms with Gasteiger partial charge in [-0.05, 0) is 19.9 Å². The summed E-state index contributed by atoms with van der Waals surface area (Å²) in [6.45, 7) is 3.71. The third-order valence-corrected chi connectivity index (χ3v) is 3.04.